The van der Waals surface area contributed by atoms with Gasteiger partial charge < -0.3 is 15.3 Å². The van der Waals surface area contributed by atoms with E-state index in [4.69, 9.17) is 5.11 Å². The molecule has 1 heterocycles. The van der Waals surface area contributed by atoms with Gasteiger partial charge in [-0.25, -0.2) is 0 Å². The molecule has 0 saturated carbocycles. The topological polar surface area (TPSA) is 52.6 Å². The molecule has 0 amide bonds. The van der Waals surface area contributed by atoms with E-state index >= 15 is 0 Å². The van der Waals surface area contributed by atoms with Gasteiger partial charge in [-0.1, -0.05) is 20.3 Å². The normalized spacial score (nSPS) is 23.5. The van der Waals surface area contributed by atoms with Crippen molar-refractivity contribution in [2.24, 2.45) is 5.92 Å². The third-order valence-corrected chi connectivity index (χ3v) is 3.33. The number of rotatable bonds is 7. The molecule has 1 aliphatic rings. The predicted octanol–water partition coefficient (Wildman–Crippen LogP) is 1.17. The third-order valence-electron chi connectivity index (χ3n) is 3.33. The minimum absolute atomic E-state index is 0.407. The summed E-state index contributed by atoms with van der Waals surface area (Å²) in [6.07, 6.45) is 3.40. The van der Waals surface area contributed by atoms with E-state index in [1.165, 1.54) is 12.8 Å². The van der Waals surface area contributed by atoms with Crippen LogP contribution in [0.2, 0.25) is 0 Å². The lowest BCUT2D eigenvalue weighted by Gasteiger charge is -2.21. The molecule has 2 unspecified atom stereocenters. The van der Waals surface area contributed by atoms with E-state index < -0.39 is 12.0 Å². The molecule has 1 rings (SSSR count). The lowest BCUT2D eigenvalue weighted by Crippen LogP contribution is -2.45. The van der Waals surface area contributed by atoms with E-state index in [1.807, 2.05) is 0 Å². The summed E-state index contributed by atoms with van der Waals surface area (Å²) in [6.45, 7) is 7.80. The minimum atomic E-state index is -0.728. The van der Waals surface area contributed by atoms with Crippen molar-refractivity contribution in [2.45, 2.75) is 39.2 Å². The van der Waals surface area contributed by atoms with Crippen molar-refractivity contribution in [3.63, 3.8) is 0 Å². The van der Waals surface area contributed by atoms with Crippen molar-refractivity contribution in [2.75, 3.05) is 26.2 Å². The van der Waals surface area contributed by atoms with Crippen molar-refractivity contribution in [1.29, 1.82) is 0 Å². The fraction of sp³-hybridized carbons (Fsp3) is 0.917. The fourth-order valence-corrected chi connectivity index (χ4v) is 2.22. The Bertz CT molecular complexity index is 221. The number of carboxylic acid groups (broad SMARTS) is 1. The second-order valence-electron chi connectivity index (χ2n) is 4.67. The molecule has 0 radical (unpaired) electrons. The molecule has 1 aliphatic heterocycles. The summed E-state index contributed by atoms with van der Waals surface area (Å²) < 4.78 is 0. The zero-order chi connectivity index (χ0) is 12.0. The summed E-state index contributed by atoms with van der Waals surface area (Å²) in [4.78, 5) is 13.3. The molecule has 94 valence electrons. The average Bonchev–Trinajstić information content (AvgIpc) is 2.71. The van der Waals surface area contributed by atoms with E-state index in [1.54, 1.807) is 0 Å². The van der Waals surface area contributed by atoms with Gasteiger partial charge in [0, 0.05) is 13.1 Å². The Kier molecular flexibility index (Phi) is 5.77. The molecular formula is C12H24N2O2. The van der Waals surface area contributed by atoms with Crippen LogP contribution < -0.4 is 5.32 Å². The summed E-state index contributed by atoms with van der Waals surface area (Å²) in [6, 6.07) is -0.407. The molecule has 1 fully saturated rings. The van der Waals surface area contributed by atoms with Crippen LogP contribution in [0.25, 0.3) is 0 Å². The van der Waals surface area contributed by atoms with Gasteiger partial charge in [-0.15, -0.1) is 0 Å². The van der Waals surface area contributed by atoms with Crippen LogP contribution in [0.5, 0.6) is 0 Å². The summed E-state index contributed by atoms with van der Waals surface area (Å²) >= 11 is 0. The van der Waals surface area contributed by atoms with Crippen LogP contribution in [0.3, 0.4) is 0 Å². The maximum atomic E-state index is 11.1. The van der Waals surface area contributed by atoms with Gasteiger partial charge in [0.15, 0.2) is 0 Å². The molecule has 0 bridgehead atoms. The number of nitrogens with one attached hydrogen (secondary N) is 1. The van der Waals surface area contributed by atoms with Gasteiger partial charge >= 0.3 is 5.97 Å². The summed E-state index contributed by atoms with van der Waals surface area (Å²) in [7, 11) is 0. The fourth-order valence-electron chi connectivity index (χ4n) is 2.22. The highest BCUT2D eigenvalue weighted by atomic mass is 16.4. The highest BCUT2D eigenvalue weighted by Crippen LogP contribution is 2.18. The number of hydrogen-bond donors (Lipinski definition) is 2. The highest BCUT2D eigenvalue weighted by molar-refractivity contribution is 5.73. The quantitative estimate of drug-likeness (QED) is 0.687. The number of carboxylic acids is 1. The number of carbonyl (C=O) groups is 1. The van der Waals surface area contributed by atoms with Crippen LogP contribution in [0.1, 0.15) is 33.1 Å². The van der Waals surface area contributed by atoms with Crippen LogP contribution in [0, 0.1) is 5.92 Å². The second-order valence-corrected chi connectivity index (χ2v) is 4.67. The second kappa shape index (κ2) is 6.86. The van der Waals surface area contributed by atoms with Gasteiger partial charge in [0.2, 0.25) is 0 Å². The zero-order valence-electron chi connectivity index (χ0n) is 10.4. The minimum Gasteiger partial charge on any atom is -0.480 e. The van der Waals surface area contributed by atoms with Crippen LogP contribution in [-0.4, -0.2) is 48.2 Å². The molecule has 2 N–H and O–H groups in total. The van der Waals surface area contributed by atoms with Crippen molar-refractivity contribution < 1.29 is 9.90 Å². The number of likely N-dealkylation sites (tertiary alicyclic amines) is 1. The first-order valence-corrected chi connectivity index (χ1v) is 6.35. The molecule has 0 aromatic carbocycles. The Balaban J connectivity index is 2.34. The van der Waals surface area contributed by atoms with Gasteiger partial charge in [-0.3, -0.25) is 4.79 Å². The molecule has 0 aromatic heterocycles. The lowest BCUT2D eigenvalue weighted by atomic mass is 10.1. The molecule has 0 spiro atoms. The molecule has 2 atom stereocenters. The van der Waals surface area contributed by atoms with Gasteiger partial charge in [-0.05, 0) is 31.8 Å². The van der Waals surface area contributed by atoms with Gasteiger partial charge in [0.05, 0.1) is 0 Å². The third kappa shape index (κ3) is 4.10. The van der Waals surface area contributed by atoms with Crippen LogP contribution >= 0.6 is 0 Å². The van der Waals surface area contributed by atoms with Crippen molar-refractivity contribution in [3.05, 3.63) is 0 Å². The largest absolute Gasteiger partial charge is 0.480 e. The average molecular weight is 228 g/mol. The number of hydrogen-bond acceptors (Lipinski definition) is 3. The van der Waals surface area contributed by atoms with Crippen molar-refractivity contribution in [3.8, 4) is 0 Å². The molecule has 0 aliphatic carbocycles. The molecule has 4 nitrogen and oxygen atoms in total. The van der Waals surface area contributed by atoms with Crippen molar-refractivity contribution >= 4 is 5.97 Å². The Morgan fingerprint density at radius 3 is 2.81 bits per heavy atom. The summed E-state index contributed by atoms with van der Waals surface area (Å²) in [5, 5.41) is 12.2. The van der Waals surface area contributed by atoms with Crippen LogP contribution in [0.15, 0.2) is 0 Å². The first-order chi connectivity index (χ1) is 7.67. The maximum absolute atomic E-state index is 11.1. The molecule has 1 saturated heterocycles. The number of aliphatic carboxylic acids is 1. The van der Waals surface area contributed by atoms with E-state index in [0.29, 0.717) is 6.54 Å². The smallest absolute Gasteiger partial charge is 0.322 e. The molecule has 0 aromatic rings. The summed E-state index contributed by atoms with van der Waals surface area (Å²) in [5.41, 5.74) is 0. The van der Waals surface area contributed by atoms with Gasteiger partial charge in [-0.2, -0.15) is 0 Å². The predicted molar refractivity (Wildman–Crippen MR) is 64.6 cm³/mol. The SMILES string of the molecule is CCCNC(CN1CCC(CC)C1)C(=O)O. The summed E-state index contributed by atoms with van der Waals surface area (Å²) in [5.74, 6) is 0.0361. The van der Waals surface area contributed by atoms with E-state index in [-0.39, 0.29) is 0 Å². The first-order valence-electron chi connectivity index (χ1n) is 6.35. The van der Waals surface area contributed by atoms with E-state index in [2.05, 4.69) is 24.1 Å². The molecule has 16 heavy (non-hydrogen) atoms. The monoisotopic (exact) mass is 228 g/mol. The Morgan fingerprint density at radius 1 is 1.56 bits per heavy atom. The number of nitrogens with zero attached hydrogens (tertiary/aromatic N) is 1. The Labute approximate surface area is 98.0 Å². The van der Waals surface area contributed by atoms with E-state index in [9.17, 15) is 4.79 Å². The molecule has 4 heteroatoms. The Hall–Kier alpha value is -0.610. The van der Waals surface area contributed by atoms with Gasteiger partial charge in [0.25, 0.3) is 0 Å². The standard InChI is InChI=1S/C12H24N2O2/c1-3-6-13-11(12(15)16)9-14-7-5-10(4-2)8-14/h10-11,13H,3-9H2,1-2H3,(H,15,16). The first kappa shape index (κ1) is 13.5. The lowest BCUT2D eigenvalue weighted by molar-refractivity contribution is -0.139. The zero-order valence-corrected chi connectivity index (χ0v) is 10.4. The van der Waals surface area contributed by atoms with Crippen molar-refractivity contribution in [1.82, 2.24) is 10.2 Å². The van der Waals surface area contributed by atoms with E-state index in [0.717, 1.165) is 32.0 Å². The van der Waals surface area contributed by atoms with Gasteiger partial charge in [0.1, 0.15) is 6.04 Å². The van der Waals surface area contributed by atoms with Crippen LogP contribution in [0.4, 0.5) is 0 Å². The van der Waals surface area contributed by atoms with Crippen LogP contribution in [-0.2, 0) is 4.79 Å². The Morgan fingerprint density at radius 2 is 2.31 bits per heavy atom. The molecular weight excluding hydrogens is 204 g/mol. The maximum Gasteiger partial charge on any atom is 0.322 e. The highest BCUT2D eigenvalue weighted by Gasteiger charge is 2.26.